The molecule has 0 unspecified atom stereocenters. The number of thiophene rings is 1. The molecule has 2 aromatic carbocycles. The molecule has 0 spiro atoms. The summed E-state index contributed by atoms with van der Waals surface area (Å²) in [6.07, 6.45) is 0. The lowest BCUT2D eigenvalue weighted by atomic mass is 10.2. The average Bonchev–Trinajstić information content (AvgIpc) is 3.39. The van der Waals surface area contributed by atoms with Gasteiger partial charge in [0.15, 0.2) is 0 Å². The number of fused-ring (bicyclic) bond motifs is 3. The molecular formula is C23H19FN4O3S. The normalized spacial score (nSPS) is 11.4. The molecule has 5 rings (SSSR count). The molecule has 5 aromatic rings. The van der Waals surface area contributed by atoms with E-state index in [1.54, 1.807) is 23.6 Å². The van der Waals surface area contributed by atoms with E-state index in [4.69, 9.17) is 4.74 Å². The highest BCUT2D eigenvalue weighted by Gasteiger charge is 2.19. The van der Waals surface area contributed by atoms with Crippen LogP contribution >= 0.6 is 11.3 Å². The van der Waals surface area contributed by atoms with Crippen LogP contribution in [0.1, 0.15) is 18.1 Å². The minimum Gasteiger partial charge on any atom is -0.494 e. The SMILES string of the molecule is CCOc1ccccc1Cn1c(=O)c2sccc2n2c(=O)n(Cc3ccc(F)cc3)nc12. The van der Waals surface area contributed by atoms with Crippen molar-refractivity contribution in [2.75, 3.05) is 6.61 Å². The van der Waals surface area contributed by atoms with Crippen LogP contribution in [0.2, 0.25) is 0 Å². The summed E-state index contributed by atoms with van der Waals surface area (Å²) in [4.78, 5) is 26.6. The molecule has 32 heavy (non-hydrogen) atoms. The third-order valence-electron chi connectivity index (χ3n) is 5.23. The molecule has 0 saturated carbocycles. The molecule has 0 aliphatic heterocycles. The van der Waals surface area contributed by atoms with Gasteiger partial charge in [0, 0.05) is 5.56 Å². The first kappa shape index (κ1) is 20.2. The number of aromatic nitrogens is 4. The zero-order chi connectivity index (χ0) is 22.2. The maximum atomic E-state index is 13.3. The number of rotatable bonds is 6. The Kier molecular flexibility index (Phi) is 5.10. The molecule has 9 heteroatoms. The number of ether oxygens (including phenoxy) is 1. The van der Waals surface area contributed by atoms with Crippen molar-refractivity contribution in [3.8, 4) is 5.75 Å². The van der Waals surface area contributed by atoms with Crippen molar-refractivity contribution in [1.82, 2.24) is 18.7 Å². The van der Waals surface area contributed by atoms with Crippen molar-refractivity contribution in [2.24, 2.45) is 0 Å². The van der Waals surface area contributed by atoms with Crippen LogP contribution in [0.25, 0.3) is 16.0 Å². The Bertz CT molecular complexity index is 1550. The summed E-state index contributed by atoms with van der Waals surface area (Å²) in [7, 11) is 0. The van der Waals surface area contributed by atoms with E-state index in [9.17, 15) is 14.0 Å². The van der Waals surface area contributed by atoms with E-state index in [1.807, 2.05) is 31.2 Å². The van der Waals surface area contributed by atoms with E-state index >= 15 is 0 Å². The monoisotopic (exact) mass is 450 g/mol. The molecular weight excluding hydrogens is 431 g/mol. The summed E-state index contributed by atoms with van der Waals surface area (Å²) in [5.74, 6) is 0.580. The van der Waals surface area contributed by atoms with Gasteiger partial charge in [-0.15, -0.1) is 16.4 Å². The Balaban J connectivity index is 1.70. The molecule has 3 aromatic heterocycles. The molecule has 0 aliphatic rings. The summed E-state index contributed by atoms with van der Waals surface area (Å²) >= 11 is 1.29. The van der Waals surface area contributed by atoms with E-state index < -0.39 is 0 Å². The van der Waals surface area contributed by atoms with Gasteiger partial charge in [-0.3, -0.25) is 9.36 Å². The van der Waals surface area contributed by atoms with Gasteiger partial charge in [0.25, 0.3) is 5.56 Å². The lowest BCUT2D eigenvalue weighted by molar-refractivity contribution is 0.336. The summed E-state index contributed by atoms with van der Waals surface area (Å²) in [5, 5.41) is 6.28. The Labute approximate surface area is 185 Å². The van der Waals surface area contributed by atoms with Crippen LogP contribution < -0.4 is 16.0 Å². The second-order valence-electron chi connectivity index (χ2n) is 7.27. The molecule has 0 atom stereocenters. The summed E-state index contributed by atoms with van der Waals surface area (Å²) < 4.78 is 23.7. The van der Waals surface area contributed by atoms with Crippen LogP contribution in [0.15, 0.2) is 69.6 Å². The van der Waals surface area contributed by atoms with E-state index in [1.165, 1.54) is 37.1 Å². The van der Waals surface area contributed by atoms with Gasteiger partial charge in [0.05, 0.1) is 25.2 Å². The molecule has 7 nitrogen and oxygen atoms in total. The first-order chi connectivity index (χ1) is 15.6. The summed E-state index contributed by atoms with van der Waals surface area (Å²) in [6.45, 7) is 2.77. The van der Waals surface area contributed by atoms with E-state index in [2.05, 4.69) is 5.10 Å². The fourth-order valence-electron chi connectivity index (χ4n) is 3.74. The van der Waals surface area contributed by atoms with Crippen LogP contribution in [0.3, 0.4) is 0 Å². The van der Waals surface area contributed by atoms with Crippen LogP contribution in [0.4, 0.5) is 4.39 Å². The smallest absolute Gasteiger partial charge is 0.352 e. The fraction of sp³-hybridized carbons (Fsp3) is 0.174. The fourth-order valence-corrected chi connectivity index (χ4v) is 4.57. The van der Waals surface area contributed by atoms with Crippen molar-refractivity contribution in [3.63, 3.8) is 0 Å². The standard InChI is InChI=1S/C23H19FN4O3S/c1-2-31-19-6-4-3-5-16(19)14-26-21(29)20-18(11-12-32-20)28-22(26)25-27(23(28)30)13-15-7-9-17(24)10-8-15/h3-12H,2,13-14H2,1H3. The molecule has 0 saturated heterocycles. The highest BCUT2D eigenvalue weighted by atomic mass is 32.1. The summed E-state index contributed by atoms with van der Waals surface area (Å²) in [6, 6.07) is 15.1. The second-order valence-corrected chi connectivity index (χ2v) is 8.19. The maximum absolute atomic E-state index is 13.3. The largest absolute Gasteiger partial charge is 0.494 e. The molecule has 0 amide bonds. The second kappa shape index (κ2) is 8.08. The minimum absolute atomic E-state index is 0.163. The quantitative estimate of drug-likeness (QED) is 0.397. The Morgan fingerprint density at radius 1 is 1.03 bits per heavy atom. The number of nitrogens with zero attached hydrogens (tertiary/aromatic N) is 4. The molecule has 162 valence electrons. The van der Waals surface area contributed by atoms with Crippen LogP contribution in [-0.4, -0.2) is 25.4 Å². The number of hydrogen-bond donors (Lipinski definition) is 0. The molecule has 0 bridgehead atoms. The molecule has 0 aliphatic carbocycles. The lowest BCUT2D eigenvalue weighted by Gasteiger charge is -2.12. The number of benzene rings is 2. The van der Waals surface area contributed by atoms with Gasteiger partial charge in [0.2, 0.25) is 5.78 Å². The predicted molar refractivity (Wildman–Crippen MR) is 121 cm³/mol. The van der Waals surface area contributed by atoms with Gasteiger partial charge < -0.3 is 4.74 Å². The lowest BCUT2D eigenvalue weighted by Crippen LogP contribution is -2.26. The topological polar surface area (TPSA) is 70.5 Å². The number of para-hydroxylation sites is 1. The van der Waals surface area contributed by atoms with Gasteiger partial charge >= 0.3 is 5.69 Å². The van der Waals surface area contributed by atoms with Gasteiger partial charge in [-0.2, -0.15) is 0 Å². The first-order valence-corrected chi connectivity index (χ1v) is 11.0. The highest BCUT2D eigenvalue weighted by molar-refractivity contribution is 7.17. The van der Waals surface area contributed by atoms with E-state index in [0.29, 0.717) is 22.6 Å². The van der Waals surface area contributed by atoms with Crippen molar-refractivity contribution in [3.05, 3.63) is 97.8 Å². The third-order valence-corrected chi connectivity index (χ3v) is 6.13. The van der Waals surface area contributed by atoms with Crippen LogP contribution in [0, 0.1) is 5.82 Å². The van der Waals surface area contributed by atoms with Gasteiger partial charge in [-0.1, -0.05) is 30.3 Å². The third kappa shape index (κ3) is 3.40. The zero-order valence-corrected chi connectivity index (χ0v) is 18.0. The number of halogens is 1. The van der Waals surface area contributed by atoms with Crippen molar-refractivity contribution in [2.45, 2.75) is 20.0 Å². The Hall–Kier alpha value is -3.72. The van der Waals surface area contributed by atoms with E-state index in [0.717, 1.165) is 11.1 Å². The predicted octanol–water partition coefficient (Wildman–Crippen LogP) is 3.51. The molecule has 0 fully saturated rings. The number of hydrogen-bond acceptors (Lipinski definition) is 5. The van der Waals surface area contributed by atoms with Gasteiger partial charge in [0.1, 0.15) is 16.3 Å². The van der Waals surface area contributed by atoms with Crippen molar-refractivity contribution in [1.29, 1.82) is 0 Å². The van der Waals surface area contributed by atoms with E-state index in [-0.39, 0.29) is 35.9 Å². The minimum atomic E-state index is -0.362. The Morgan fingerprint density at radius 2 is 1.81 bits per heavy atom. The average molecular weight is 450 g/mol. The zero-order valence-electron chi connectivity index (χ0n) is 17.2. The van der Waals surface area contributed by atoms with Crippen LogP contribution in [-0.2, 0) is 13.1 Å². The van der Waals surface area contributed by atoms with Crippen LogP contribution in [0.5, 0.6) is 5.75 Å². The van der Waals surface area contributed by atoms with Gasteiger partial charge in [-0.05, 0) is 42.1 Å². The molecule has 0 N–H and O–H groups in total. The highest BCUT2D eigenvalue weighted by Crippen LogP contribution is 2.22. The molecule has 3 heterocycles. The van der Waals surface area contributed by atoms with Crippen molar-refractivity contribution < 1.29 is 9.13 Å². The maximum Gasteiger partial charge on any atom is 0.352 e. The Morgan fingerprint density at radius 3 is 2.59 bits per heavy atom. The first-order valence-electron chi connectivity index (χ1n) is 10.1. The van der Waals surface area contributed by atoms with Crippen molar-refractivity contribution >= 4 is 27.3 Å². The summed E-state index contributed by atoms with van der Waals surface area (Å²) in [5.41, 5.74) is 1.50. The molecule has 0 radical (unpaired) electrons. The van der Waals surface area contributed by atoms with Gasteiger partial charge in [-0.25, -0.2) is 18.3 Å².